The molecule has 1 aliphatic heterocycles. The van der Waals surface area contributed by atoms with Gasteiger partial charge in [-0.05, 0) is 50.7 Å². The van der Waals surface area contributed by atoms with Crippen LogP contribution in [0.25, 0.3) is 4.85 Å². The third kappa shape index (κ3) is 9.49. The van der Waals surface area contributed by atoms with Gasteiger partial charge in [0.25, 0.3) is 5.70 Å². The normalized spacial score (nSPS) is 13.5. The number of ether oxygens (including phenoxy) is 4. The second kappa shape index (κ2) is 16.9. The van der Waals surface area contributed by atoms with Crippen molar-refractivity contribution < 1.29 is 28.5 Å². The zero-order chi connectivity index (χ0) is 27.9. The number of nitriles is 1. The van der Waals surface area contributed by atoms with Crippen LogP contribution in [0, 0.1) is 29.7 Å². The summed E-state index contributed by atoms with van der Waals surface area (Å²) in [6.07, 6.45) is 4.34. The van der Waals surface area contributed by atoms with E-state index in [9.17, 15) is 14.9 Å². The van der Waals surface area contributed by atoms with Gasteiger partial charge in [-0.2, -0.15) is 0 Å². The number of rotatable bonds is 16. The maximum Gasteiger partial charge on any atom is 0.308 e. The van der Waals surface area contributed by atoms with Gasteiger partial charge >= 0.3 is 11.9 Å². The highest BCUT2D eigenvalue weighted by Crippen LogP contribution is 2.59. The fraction of sp³-hybridized carbons (Fsp3) is 0.571. The van der Waals surface area contributed by atoms with Crippen molar-refractivity contribution in [1.82, 2.24) is 0 Å². The van der Waals surface area contributed by atoms with Crippen LogP contribution in [0.15, 0.2) is 31.9 Å². The number of benzene rings is 1. The molecule has 206 valence electrons. The summed E-state index contributed by atoms with van der Waals surface area (Å²) in [5.74, 6) is 0.801. The number of nitrogens with zero attached hydrogens (tertiary/aromatic N) is 2. The molecule has 0 aromatic heterocycles. The van der Waals surface area contributed by atoms with E-state index in [0.717, 1.165) is 22.6 Å². The van der Waals surface area contributed by atoms with Crippen molar-refractivity contribution in [3.63, 3.8) is 0 Å². The molecule has 0 aliphatic carbocycles. The molecule has 1 aromatic carbocycles. The minimum absolute atomic E-state index is 0.0411. The Bertz CT molecular complexity index is 995. The summed E-state index contributed by atoms with van der Waals surface area (Å²) < 4.78 is 23.2. The Labute approximate surface area is 234 Å². The Morgan fingerprint density at radius 3 is 1.66 bits per heavy atom. The Kier molecular flexibility index (Phi) is 14.0. The summed E-state index contributed by atoms with van der Waals surface area (Å²) in [5, 5.41) is 9.35. The minimum Gasteiger partial charge on any atom is -0.492 e. The van der Waals surface area contributed by atoms with E-state index >= 15 is 0 Å². The maximum atomic E-state index is 11.8. The lowest BCUT2D eigenvalue weighted by molar-refractivity contribution is -0.149. The molecule has 0 spiro atoms. The number of carbonyl (C=O) groups excluding carboxylic acids is 2. The summed E-state index contributed by atoms with van der Waals surface area (Å²) in [7, 11) is 0. The van der Waals surface area contributed by atoms with Gasteiger partial charge in [-0.3, -0.25) is 9.59 Å². The van der Waals surface area contributed by atoms with Gasteiger partial charge < -0.3 is 18.9 Å². The molecule has 2 atom stereocenters. The largest absolute Gasteiger partial charge is 0.492 e. The molecule has 2 rings (SSSR count). The van der Waals surface area contributed by atoms with E-state index in [2.05, 4.69) is 4.85 Å². The first-order valence-corrected chi connectivity index (χ1v) is 14.6. The zero-order valence-corrected chi connectivity index (χ0v) is 24.2. The third-order valence-electron chi connectivity index (χ3n) is 5.95. The SMILES string of the molecule is [C-]#[N+]C(C#N)=C1Sc2c(OCCCCOC(=O)C(C)CC)ccc(OCCCCOC(=O)C(C)CC)c2S1. The van der Waals surface area contributed by atoms with Crippen molar-refractivity contribution in [1.29, 1.82) is 5.26 Å². The number of allylic oxidation sites excluding steroid dienone is 1. The first-order valence-electron chi connectivity index (χ1n) is 13.0. The molecule has 0 fully saturated rings. The van der Waals surface area contributed by atoms with Gasteiger partial charge in [0, 0.05) is 0 Å². The van der Waals surface area contributed by atoms with E-state index in [1.54, 1.807) is 0 Å². The van der Waals surface area contributed by atoms with Crippen molar-refractivity contribution in [2.75, 3.05) is 26.4 Å². The molecular formula is C28H36N2O6S2. The number of thioether (sulfide) groups is 2. The number of hydrogen-bond donors (Lipinski definition) is 0. The summed E-state index contributed by atoms with van der Waals surface area (Å²) >= 11 is 2.68. The number of esters is 2. The highest BCUT2D eigenvalue weighted by atomic mass is 32.2. The number of fused-ring (bicyclic) bond motifs is 1. The van der Waals surface area contributed by atoms with Crippen LogP contribution < -0.4 is 9.47 Å². The first-order chi connectivity index (χ1) is 18.4. The predicted molar refractivity (Wildman–Crippen MR) is 148 cm³/mol. The molecule has 38 heavy (non-hydrogen) atoms. The van der Waals surface area contributed by atoms with E-state index in [-0.39, 0.29) is 29.5 Å². The van der Waals surface area contributed by atoms with Gasteiger partial charge in [0.2, 0.25) is 0 Å². The number of unbranched alkanes of at least 4 members (excludes halogenated alkanes) is 2. The molecule has 1 aliphatic rings. The molecule has 0 saturated heterocycles. The van der Waals surface area contributed by atoms with E-state index in [1.807, 2.05) is 45.9 Å². The second-order valence-corrected chi connectivity index (χ2v) is 11.1. The van der Waals surface area contributed by atoms with Gasteiger partial charge in [0.15, 0.2) is 0 Å². The lowest BCUT2D eigenvalue weighted by Gasteiger charge is -2.14. The Hall–Kier alpha value is -2.82. The van der Waals surface area contributed by atoms with Crippen LogP contribution in [-0.2, 0) is 19.1 Å². The highest BCUT2D eigenvalue weighted by molar-refractivity contribution is 8.24. The maximum absolute atomic E-state index is 11.8. The minimum atomic E-state index is -0.172. The van der Waals surface area contributed by atoms with Crippen LogP contribution in [0.4, 0.5) is 0 Å². The molecule has 2 unspecified atom stereocenters. The lowest BCUT2D eigenvalue weighted by atomic mass is 10.1. The van der Waals surface area contributed by atoms with E-state index < -0.39 is 0 Å². The molecule has 0 N–H and O–H groups in total. The van der Waals surface area contributed by atoms with Gasteiger partial charge in [-0.1, -0.05) is 51.2 Å². The van der Waals surface area contributed by atoms with Crippen LogP contribution in [0.3, 0.4) is 0 Å². The van der Waals surface area contributed by atoms with Crippen LogP contribution in [0.5, 0.6) is 11.5 Å². The van der Waals surface area contributed by atoms with Crippen molar-refractivity contribution in [2.45, 2.75) is 76.0 Å². The first kappa shape index (κ1) is 31.4. The quantitative estimate of drug-likeness (QED) is 0.0916. The van der Waals surface area contributed by atoms with Gasteiger partial charge in [0.05, 0.1) is 64.9 Å². The average molecular weight is 561 g/mol. The molecule has 1 aromatic rings. The molecular weight excluding hydrogens is 524 g/mol. The molecule has 10 heteroatoms. The fourth-order valence-corrected chi connectivity index (χ4v) is 5.61. The van der Waals surface area contributed by atoms with Crippen molar-refractivity contribution in [3.8, 4) is 17.6 Å². The van der Waals surface area contributed by atoms with E-state index in [4.69, 9.17) is 25.5 Å². The molecule has 0 radical (unpaired) electrons. The smallest absolute Gasteiger partial charge is 0.308 e. The Morgan fingerprint density at radius 2 is 1.29 bits per heavy atom. The summed E-state index contributed by atoms with van der Waals surface area (Å²) in [5.41, 5.74) is 0.0411. The molecule has 1 heterocycles. The predicted octanol–water partition coefficient (Wildman–Crippen LogP) is 6.99. The van der Waals surface area contributed by atoms with Crippen LogP contribution >= 0.6 is 23.5 Å². The third-order valence-corrected chi connectivity index (χ3v) is 8.56. The van der Waals surface area contributed by atoms with Crippen molar-refractivity contribution >= 4 is 35.5 Å². The zero-order valence-electron chi connectivity index (χ0n) is 22.5. The number of hydrogen-bond acceptors (Lipinski definition) is 9. The van der Waals surface area contributed by atoms with Gasteiger partial charge in [-0.25, -0.2) is 10.1 Å². The fourth-order valence-electron chi connectivity index (χ4n) is 3.10. The Morgan fingerprint density at radius 1 is 0.868 bits per heavy atom. The monoisotopic (exact) mass is 560 g/mol. The van der Waals surface area contributed by atoms with Crippen LogP contribution in [-0.4, -0.2) is 38.4 Å². The van der Waals surface area contributed by atoms with Crippen LogP contribution in [0.2, 0.25) is 0 Å². The van der Waals surface area contributed by atoms with Crippen LogP contribution in [0.1, 0.15) is 66.2 Å². The van der Waals surface area contributed by atoms with Gasteiger partial charge in [-0.15, -0.1) is 0 Å². The second-order valence-electron chi connectivity index (χ2n) is 8.85. The molecule has 0 saturated carbocycles. The van der Waals surface area contributed by atoms with E-state index in [0.29, 0.717) is 67.8 Å². The van der Waals surface area contributed by atoms with Gasteiger partial charge in [0.1, 0.15) is 11.5 Å². The van der Waals surface area contributed by atoms with E-state index in [1.165, 1.54) is 23.5 Å². The molecule has 0 amide bonds. The Balaban J connectivity index is 1.93. The molecule has 0 bridgehead atoms. The molecule has 8 nitrogen and oxygen atoms in total. The lowest BCUT2D eigenvalue weighted by Crippen LogP contribution is -2.15. The highest BCUT2D eigenvalue weighted by Gasteiger charge is 2.28. The topological polar surface area (TPSA) is 99.2 Å². The van der Waals surface area contributed by atoms with Crippen molar-refractivity contribution in [3.05, 3.63) is 33.5 Å². The van der Waals surface area contributed by atoms with Crippen molar-refractivity contribution in [2.24, 2.45) is 11.8 Å². The summed E-state index contributed by atoms with van der Waals surface area (Å²) in [4.78, 5) is 28.5. The number of carbonyl (C=O) groups is 2. The standard InChI is InChI=1S/C28H36N2O6S2/c1-6-19(3)26(31)35-16-10-8-14-33-22-12-13-23(25-24(22)37-28(38-25)21(18-29)30-5)34-15-9-11-17-36-27(32)20(4)7-2/h12-13,19-20H,6-11,14-17H2,1-4H3. The average Bonchev–Trinajstić information content (AvgIpc) is 3.38. The summed E-state index contributed by atoms with van der Waals surface area (Å²) in [6, 6.07) is 5.64. The summed E-state index contributed by atoms with van der Waals surface area (Å²) in [6.45, 7) is 16.6.